The molecule has 118 valence electrons. The summed E-state index contributed by atoms with van der Waals surface area (Å²) in [6.07, 6.45) is -3.41. The van der Waals surface area contributed by atoms with Crippen LogP contribution in [0, 0.1) is 0 Å². The Labute approximate surface area is 118 Å². The Bertz CT molecular complexity index is 723. The molecule has 4 atom stereocenters. The van der Waals surface area contributed by atoms with Gasteiger partial charge in [0.1, 0.15) is 18.3 Å². The quantitative estimate of drug-likeness (QED) is 0.501. The first kappa shape index (κ1) is 15.9. The summed E-state index contributed by atoms with van der Waals surface area (Å²) in [4.78, 5) is 24.6. The SMILES string of the molecule is CS(=O)(=O)OC[C@H]1O[C@@H](n2ccc(=O)[nH]c2=O)[C@H](O)[C@@H]1O. The standard InChI is InChI=1S/C10H14N2O8S/c1-21(17,18)19-4-5-7(14)8(15)9(20-5)12-3-2-6(13)11-10(12)16/h2-3,5,7-9,14-15H,4H2,1H3,(H,11,13,16)/t5-,7-,8-,9-/m1/s1. The van der Waals surface area contributed by atoms with Crippen molar-refractivity contribution < 1.29 is 27.6 Å². The van der Waals surface area contributed by atoms with Crippen LogP contribution >= 0.6 is 0 Å². The second-order valence-corrected chi connectivity index (χ2v) is 6.20. The number of hydrogen-bond donors (Lipinski definition) is 3. The molecule has 2 heterocycles. The van der Waals surface area contributed by atoms with E-state index in [1.165, 1.54) is 0 Å². The van der Waals surface area contributed by atoms with E-state index in [-0.39, 0.29) is 0 Å². The zero-order chi connectivity index (χ0) is 15.8. The zero-order valence-electron chi connectivity index (χ0n) is 10.9. The molecule has 1 aliphatic heterocycles. The van der Waals surface area contributed by atoms with Gasteiger partial charge in [-0.05, 0) is 0 Å². The van der Waals surface area contributed by atoms with Gasteiger partial charge in [-0.2, -0.15) is 8.42 Å². The van der Waals surface area contributed by atoms with Crippen molar-refractivity contribution in [1.82, 2.24) is 9.55 Å². The molecule has 2 rings (SSSR count). The summed E-state index contributed by atoms with van der Waals surface area (Å²) in [7, 11) is -3.74. The molecule has 0 radical (unpaired) electrons. The fourth-order valence-electron chi connectivity index (χ4n) is 1.92. The van der Waals surface area contributed by atoms with Gasteiger partial charge in [-0.25, -0.2) is 4.79 Å². The minimum absolute atomic E-state index is 0.508. The van der Waals surface area contributed by atoms with Crippen LogP contribution in [0.2, 0.25) is 0 Å². The van der Waals surface area contributed by atoms with E-state index >= 15 is 0 Å². The first-order chi connectivity index (χ1) is 9.69. The summed E-state index contributed by atoms with van der Waals surface area (Å²) in [6.45, 7) is -0.508. The van der Waals surface area contributed by atoms with Gasteiger partial charge in [0.15, 0.2) is 6.23 Å². The van der Waals surface area contributed by atoms with Crippen LogP contribution in [0.5, 0.6) is 0 Å². The lowest BCUT2D eigenvalue weighted by Crippen LogP contribution is -2.37. The Kier molecular flexibility index (Phi) is 4.30. The number of aliphatic hydroxyl groups is 2. The monoisotopic (exact) mass is 322 g/mol. The van der Waals surface area contributed by atoms with E-state index in [2.05, 4.69) is 4.18 Å². The molecule has 1 fully saturated rings. The van der Waals surface area contributed by atoms with Crippen molar-refractivity contribution >= 4 is 10.1 Å². The minimum atomic E-state index is -3.74. The highest BCUT2D eigenvalue weighted by molar-refractivity contribution is 7.85. The van der Waals surface area contributed by atoms with Crippen LogP contribution in [0.3, 0.4) is 0 Å². The summed E-state index contributed by atoms with van der Waals surface area (Å²) < 4.78 is 32.4. The molecule has 0 amide bonds. The van der Waals surface area contributed by atoms with Crippen LogP contribution < -0.4 is 11.2 Å². The van der Waals surface area contributed by atoms with Gasteiger partial charge in [-0.1, -0.05) is 0 Å². The van der Waals surface area contributed by atoms with E-state index < -0.39 is 52.5 Å². The van der Waals surface area contributed by atoms with Crippen LogP contribution in [-0.4, -0.2) is 59.4 Å². The van der Waals surface area contributed by atoms with Crippen LogP contribution in [0.1, 0.15) is 6.23 Å². The molecule has 0 aliphatic carbocycles. The molecule has 3 N–H and O–H groups in total. The minimum Gasteiger partial charge on any atom is -0.387 e. The molecule has 1 saturated heterocycles. The summed E-state index contributed by atoms with van der Waals surface area (Å²) in [5, 5.41) is 19.7. The zero-order valence-corrected chi connectivity index (χ0v) is 11.7. The largest absolute Gasteiger partial charge is 0.387 e. The lowest BCUT2D eigenvalue weighted by atomic mass is 10.1. The van der Waals surface area contributed by atoms with Crippen LogP contribution in [0.15, 0.2) is 21.9 Å². The maximum atomic E-state index is 11.6. The molecule has 1 aliphatic rings. The number of aromatic nitrogens is 2. The lowest BCUT2D eigenvalue weighted by Gasteiger charge is -2.16. The molecule has 10 nitrogen and oxygen atoms in total. The van der Waals surface area contributed by atoms with Gasteiger partial charge in [-0.15, -0.1) is 0 Å². The molecule has 0 unspecified atom stereocenters. The molecule has 1 aromatic heterocycles. The van der Waals surface area contributed by atoms with Crippen molar-refractivity contribution in [2.75, 3.05) is 12.9 Å². The van der Waals surface area contributed by atoms with Crippen LogP contribution in [0.25, 0.3) is 0 Å². The third-order valence-electron chi connectivity index (χ3n) is 2.91. The number of aliphatic hydroxyl groups excluding tert-OH is 2. The first-order valence-corrected chi connectivity index (χ1v) is 7.68. The van der Waals surface area contributed by atoms with E-state index in [0.29, 0.717) is 0 Å². The third-order valence-corrected chi connectivity index (χ3v) is 3.47. The number of ether oxygens (including phenoxy) is 1. The topological polar surface area (TPSA) is 148 Å². The Balaban J connectivity index is 2.19. The maximum Gasteiger partial charge on any atom is 0.330 e. The second-order valence-electron chi connectivity index (χ2n) is 4.55. The predicted molar refractivity (Wildman–Crippen MR) is 68.0 cm³/mol. The lowest BCUT2D eigenvalue weighted by molar-refractivity contribution is -0.0508. The summed E-state index contributed by atoms with van der Waals surface area (Å²) in [5.41, 5.74) is -1.45. The molecule has 0 spiro atoms. The molecule has 0 aromatic carbocycles. The number of nitrogens with one attached hydrogen (secondary N) is 1. The molecule has 21 heavy (non-hydrogen) atoms. The van der Waals surface area contributed by atoms with E-state index in [0.717, 1.165) is 23.1 Å². The molecule has 0 bridgehead atoms. The van der Waals surface area contributed by atoms with E-state index in [4.69, 9.17) is 4.74 Å². The van der Waals surface area contributed by atoms with Gasteiger partial charge in [0.2, 0.25) is 0 Å². The number of aromatic amines is 1. The van der Waals surface area contributed by atoms with Crippen molar-refractivity contribution in [3.05, 3.63) is 33.1 Å². The van der Waals surface area contributed by atoms with Crippen LogP contribution in [0.4, 0.5) is 0 Å². The highest BCUT2D eigenvalue weighted by Gasteiger charge is 2.44. The van der Waals surface area contributed by atoms with Crippen molar-refractivity contribution in [3.63, 3.8) is 0 Å². The Morgan fingerprint density at radius 1 is 1.38 bits per heavy atom. The Morgan fingerprint density at radius 2 is 2.05 bits per heavy atom. The highest BCUT2D eigenvalue weighted by Crippen LogP contribution is 2.28. The van der Waals surface area contributed by atoms with Crippen molar-refractivity contribution in [2.24, 2.45) is 0 Å². The molecule has 1 aromatic rings. The van der Waals surface area contributed by atoms with Gasteiger partial charge in [0.25, 0.3) is 15.7 Å². The van der Waals surface area contributed by atoms with Crippen molar-refractivity contribution in [2.45, 2.75) is 24.5 Å². The Morgan fingerprint density at radius 3 is 2.62 bits per heavy atom. The van der Waals surface area contributed by atoms with Crippen LogP contribution in [-0.2, 0) is 19.0 Å². The normalized spacial score (nSPS) is 29.7. The van der Waals surface area contributed by atoms with Gasteiger partial charge in [-0.3, -0.25) is 18.5 Å². The number of rotatable bonds is 4. The van der Waals surface area contributed by atoms with Gasteiger partial charge >= 0.3 is 5.69 Å². The summed E-state index contributed by atoms with van der Waals surface area (Å²) in [5.74, 6) is 0. The van der Waals surface area contributed by atoms with Crippen molar-refractivity contribution in [1.29, 1.82) is 0 Å². The van der Waals surface area contributed by atoms with Gasteiger partial charge in [0.05, 0.1) is 12.9 Å². The van der Waals surface area contributed by atoms with E-state index in [9.17, 15) is 28.2 Å². The number of H-pyrrole nitrogens is 1. The van der Waals surface area contributed by atoms with Crippen molar-refractivity contribution in [3.8, 4) is 0 Å². The predicted octanol–water partition coefficient (Wildman–Crippen LogP) is -2.87. The summed E-state index contributed by atoms with van der Waals surface area (Å²) in [6, 6.07) is 1.05. The maximum absolute atomic E-state index is 11.6. The molecule has 11 heteroatoms. The molecular weight excluding hydrogens is 308 g/mol. The van der Waals surface area contributed by atoms with Gasteiger partial charge < -0.3 is 14.9 Å². The fourth-order valence-corrected chi connectivity index (χ4v) is 2.30. The fraction of sp³-hybridized carbons (Fsp3) is 0.600. The third kappa shape index (κ3) is 3.57. The number of hydrogen-bond acceptors (Lipinski definition) is 8. The smallest absolute Gasteiger partial charge is 0.330 e. The second kappa shape index (κ2) is 5.69. The average molecular weight is 322 g/mol. The Hall–Kier alpha value is -1.53. The van der Waals surface area contributed by atoms with Gasteiger partial charge in [0, 0.05) is 12.3 Å². The molecule has 0 saturated carbocycles. The summed E-state index contributed by atoms with van der Waals surface area (Å²) >= 11 is 0. The number of nitrogens with zero attached hydrogens (tertiary/aromatic N) is 1. The average Bonchev–Trinajstić information content (AvgIpc) is 2.64. The van der Waals surface area contributed by atoms with E-state index in [1.807, 2.05) is 4.98 Å². The highest BCUT2D eigenvalue weighted by atomic mass is 32.2. The molecular formula is C10H14N2O8S. The van der Waals surface area contributed by atoms with E-state index in [1.54, 1.807) is 0 Å². The first-order valence-electron chi connectivity index (χ1n) is 5.86.